The number of aromatic hydroxyl groups is 4. The number of anilines is 2. The number of hydrogen-bond acceptors (Lipinski definition) is 21. The Morgan fingerprint density at radius 3 is 1.58 bits per heavy atom. The third-order valence-electron chi connectivity index (χ3n) is 15.5. The Morgan fingerprint density at radius 2 is 1.12 bits per heavy atom. The molecule has 26 nitrogen and oxygen atoms in total. The van der Waals surface area contributed by atoms with E-state index in [2.05, 4.69) is 30.2 Å². The highest BCUT2D eigenvalue weighted by molar-refractivity contribution is 7.92. The molecule has 0 bridgehead atoms. The molecular formula is C60H59N7O19S2. The van der Waals surface area contributed by atoms with Gasteiger partial charge in [-0.3, -0.25) is 19.1 Å². The number of nitrogens with two attached hydrogens (primary N) is 1. The van der Waals surface area contributed by atoms with Crippen molar-refractivity contribution in [3.8, 4) is 23.0 Å². The maximum atomic E-state index is 13.3. The molecule has 5 aromatic carbocycles. The molecule has 1 heterocycles. The van der Waals surface area contributed by atoms with E-state index in [9.17, 15) is 67.5 Å². The molecule has 6 atom stereocenters. The van der Waals surface area contributed by atoms with E-state index < -0.39 is 74.2 Å². The number of aromatic nitrogens is 1. The SMILES string of the molecule is C[C@]12C=CC(=O)C=C1CC[C@@H]1[C@@H]2C(=O)C[C@@]2(C)[C@H]1CC[C@]2(O)C(=O)CO.Nc1ccc(O)c(C(=O)O)c1.O=C(O)c1cc(/N=N/c2ccc(O)c(C(=O)O)c2)ccc1O.O=C(O)c1cc(/N=N/c2ccc(S(=O)(=O)Nc3ccccn3)cc2)ccc1O.S. The number of ketones is 3. The normalized spacial score (nSPS) is 21.4. The third kappa shape index (κ3) is 14.7. The van der Waals surface area contributed by atoms with E-state index in [0.29, 0.717) is 24.2 Å². The number of Topliss-reactive ketones (excluding diaryl/α,β-unsaturated/α-hetero) is 2. The zero-order valence-electron chi connectivity index (χ0n) is 46.6. The van der Waals surface area contributed by atoms with Crippen LogP contribution in [0.3, 0.4) is 0 Å². The van der Waals surface area contributed by atoms with E-state index in [1.54, 1.807) is 24.3 Å². The molecule has 0 amide bonds. The molecule has 4 aliphatic rings. The van der Waals surface area contributed by atoms with E-state index in [0.717, 1.165) is 42.7 Å². The fraction of sp³-hybridized carbons (Fsp3) is 0.233. The van der Waals surface area contributed by atoms with Crippen LogP contribution in [0, 0.1) is 28.6 Å². The monoisotopic (exact) mass is 1250 g/mol. The van der Waals surface area contributed by atoms with Crippen molar-refractivity contribution in [3.05, 3.63) is 168 Å². The molecular weight excluding hydrogens is 1190 g/mol. The molecule has 1 aromatic heterocycles. The molecule has 88 heavy (non-hydrogen) atoms. The van der Waals surface area contributed by atoms with Gasteiger partial charge in [-0.1, -0.05) is 31.6 Å². The largest absolute Gasteiger partial charge is 0.507 e. The number of pyridine rings is 1. The van der Waals surface area contributed by atoms with Crippen LogP contribution in [0.25, 0.3) is 0 Å². The van der Waals surface area contributed by atoms with E-state index in [-0.39, 0.29) is 111 Å². The van der Waals surface area contributed by atoms with Gasteiger partial charge in [-0.05, 0) is 159 Å². The third-order valence-corrected chi connectivity index (χ3v) is 16.9. The first-order valence-electron chi connectivity index (χ1n) is 26.2. The predicted octanol–water partition coefficient (Wildman–Crippen LogP) is 9.16. The summed E-state index contributed by atoms with van der Waals surface area (Å²) in [6.07, 6.45) is 9.30. The number of rotatable bonds is 13. The highest BCUT2D eigenvalue weighted by atomic mass is 32.2. The van der Waals surface area contributed by atoms with Crippen LogP contribution in [-0.2, 0) is 24.4 Å². The number of aliphatic hydroxyl groups is 2. The number of allylic oxidation sites excluding steroid dienone is 4. The highest BCUT2D eigenvalue weighted by Gasteiger charge is 2.68. The number of sulfonamides is 1. The minimum absolute atomic E-state index is 0. The lowest BCUT2D eigenvalue weighted by atomic mass is 9.46. The summed E-state index contributed by atoms with van der Waals surface area (Å²) in [6.45, 7) is 3.19. The number of hydrogen-bond donors (Lipinski definition) is 12. The average molecular weight is 1250 g/mol. The zero-order valence-corrected chi connectivity index (χ0v) is 48.4. The van der Waals surface area contributed by atoms with Crippen LogP contribution in [0.15, 0.2) is 171 Å². The van der Waals surface area contributed by atoms with Crippen LogP contribution in [0.5, 0.6) is 23.0 Å². The van der Waals surface area contributed by atoms with Gasteiger partial charge in [0.05, 0.1) is 27.6 Å². The molecule has 0 radical (unpaired) electrons. The minimum atomic E-state index is -3.79. The van der Waals surface area contributed by atoms with Gasteiger partial charge in [-0.25, -0.2) is 32.6 Å². The average Bonchev–Trinajstić information content (AvgIpc) is 1.39. The van der Waals surface area contributed by atoms with Crippen molar-refractivity contribution in [3.63, 3.8) is 0 Å². The fourth-order valence-electron chi connectivity index (χ4n) is 11.2. The Kier molecular flexibility index (Phi) is 20.9. The predicted molar refractivity (Wildman–Crippen MR) is 319 cm³/mol. The number of aromatic carboxylic acids is 4. The molecule has 13 N–H and O–H groups in total. The number of phenols is 4. The van der Waals surface area contributed by atoms with Crippen molar-refractivity contribution in [2.24, 2.45) is 49.0 Å². The first kappa shape index (κ1) is 67.0. The second-order valence-electron chi connectivity index (χ2n) is 20.8. The lowest BCUT2D eigenvalue weighted by molar-refractivity contribution is -0.168. The molecule has 3 saturated carbocycles. The van der Waals surface area contributed by atoms with Crippen LogP contribution in [0.1, 0.15) is 87.4 Å². The van der Waals surface area contributed by atoms with E-state index in [1.807, 2.05) is 19.9 Å². The lowest BCUT2D eigenvalue weighted by Gasteiger charge is -2.56. The van der Waals surface area contributed by atoms with Crippen molar-refractivity contribution in [1.82, 2.24) is 4.98 Å². The van der Waals surface area contributed by atoms with Gasteiger partial charge in [0.25, 0.3) is 10.0 Å². The minimum Gasteiger partial charge on any atom is -0.507 e. The summed E-state index contributed by atoms with van der Waals surface area (Å²) in [6, 6.07) is 25.4. The summed E-state index contributed by atoms with van der Waals surface area (Å²) >= 11 is 0. The molecule has 460 valence electrons. The Hall–Kier alpha value is -10.2. The van der Waals surface area contributed by atoms with Gasteiger partial charge < -0.3 is 56.8 Å². The van der Waals surface area contributed by atoms with Gasteiger partial charge in [0.2, 0.25) is 0 Å². The first-order valence-corrected chi connectivity index (χ1v) is 27.7. The van der Waals surface area contributed by atoms with Gasteiger partial charge >= 0.3 is 23.9 Å². The Labute approximate surface area is 507 Å². The Balaban J connectivity index is 0.000000194. The highest BCUT2D eigenvalue weighted by Crippen LogP contribution is 2.66. The van der Waals surface area contributed by atoms with Gasteiger partial charge in [-0.2, -0.15) is 34.0 Å². The molecule has 3 fully saturated rings. The number of nitrogen functional groups attached to an aromatic ring is 1. The number of carbonyl (C=O) groups is 7. The molecule has 28 heteroatoms. The van der Waals surface area contributed by atoms with Crippen molar-refractivity contribution in [2.75, 3.05) is 17.1 Å². The van der Waals surface area contributed by atoms with E-state index >= 15 is 0 Å². The molecule has 0 spiro atoms. The second-order valence-corrected chi connectivity index (χ2v) is 22.5. The van der Waals surface area contributed by atoms with Crippen LogP contribution < -0.4 is 10.5 Å². The van der Waals surface area contributed by atoms with Crippen molar-refractivity contribution < 1.29 is 93.0 Å². The Bertz CT molecular complexity index is 3890. The van der Waals surface area contributed by atoms with Gasteiger partial charge in [0, 0.05) is 35.1 Å². The van der Waals surface area contributed by atoms with Crippen molar-refractivity contribution in [1.29, 1.82) is 0 Å². The number of carbonyl (C=O) groups excluding carboxylic acids is 3. The summed E-state index contributed by atoms with van der Waals surface area (Å²) < 4.78 is 27.0. The molecule has 4 aliphatic carbocycles. The summed E-state index contributed by atoms with van der Waals surface area (Å²) in [5.74, 6) is -6.93. The lowest BCUT2D eigenvalue weighted by Crippen LogP contribution is -2.60. The van der Waals surface area contributed by atoms with Gasteiger partial charge in [-0.15, -0.1) is 0 Å². The molecule has 0 saturated heterocycles. The van der Waals surface area contributed by atoms with Crippen LogP contribution in [0.2, 0.25) is 0 Å². The summed E-state index contributed by atoms with van der Waals surface area (Å²) in [4.78, 5) is 84.5. The van der Waals surface area contributed by atoms with Crippen LogP contribution >= 0.6 is 13.5 Å². The number of carboxylic acids is 4. The van der Waals surface area contributed by atoms with Crippen molar-refractivity contribution in [2.45, 2.75) is 56.4 Å². The smallest absolute Gasteiger partial charge is 0.339 e. The molecule has 0 unspecified atom stereocenters. The quantitative estimate of drug-likeness (QED) is 0.0291. The van der Waals surface area contributed by atoms with Gasteiger partial charge in [0.15, 0.2) is 11.6 Å². The van der Waals surface area contributed by atoms with E-state index in [4.69, 9.17) is 31.3 Å². The number of nitrogens with one attached hydrogen (secondary N) is 1. The molecule has 10 rings (SSSR count). The molecule has 6 aromatic rings. The topological polar surface area (TPSA) is 456 Å². The van der Waals surface area contributed by atoms with Crippen LogP contribution in [-0.4, -0.2) is 118 Å². The van der Waals surface area contributed by atoms with E-state index in [1.165, 1.54) is 85.1 Å². The number of fused-ring (bicyclic) bond motifs is 5. The summed E-state index contributed by atoms with van der Waals surface area (Å²) in [5, 5.41) is 108. The zero-order chi connectivity index (χ0) is 63.8. The van der Waals surface area contributed by atoms with Crippen molar-refractivity contribution >= 4 is 99.0 Å². The van der Waals surface area contributed by atoms with Crippen LogP contribution in [0.4, 0.5) is 34.3 Å². The Morgan fingerprint density at radius 1 is 0.659 bits per heavy atom. The number of benzene rings is 5. The standard InChI is InChI=1S/C21H26O5.C18H14N4O5S.C14H10N2O6.C7H7NO3.H2S/c1-19-7-5-13(23)9-12(19)3-4-14-15-6-8-21(26,17(25)11-22)20(15,2)10-16(24)18(14)19;23-16-9-6-13(11-15(16)18(24)25)21-20-12-4-7-14(8-5-12)28(26,27)22-17-3-1-2-10-19-17;17-11-3-1-7(5-9(11)13(19)20)15-16-8-2-4-12(18)10(6-8)14(21)22;8-4-1-2-6(9)5(3-4)7(10)11;/h5,7,9,14-15,18,22,26H,3-4,6,8,10-11H2,1-2H3;1-11,23H,(H,19,22)(H,24,25);1-6,17-18H,(H,19,20)(H,21,22);1-3,9H,8H2,(H,10,11);1H2/b;21-20+;16-15+;;/t14-,15-,18+,19-,20-,21-;;;;/m0..../s1. The molecule has 0 aliphatic heterocycles. The maximum absolute atomic E-state index is 13.3. The van der Waals surface area contributed by atoms with Gasteiger partial charge in [0.1, 0.15) is 69.1 Å². The number of azo groups is 2. The number of carboxylic acid groups (broad SMARTS) is 4. The number of nitrogens with zero attached hydrogens (tertiary/aromatic N) is 5. The summed E-state index contributed by atoms with van der Waals surface area (Å²) in [5.41, 5.74) is 3.55. The maximum Gasteiger partial charge on any atom is 0.339 e. The number of aliphatic hydroxyl groups excluding tert-OH is 1. The fourth-order valence-corrected chi connectivity index (χ4v) is 12.2. The second kappa shape index (κ2) is 27.5. The first-order chi connectivity index (χ1) is 41.0. The summed E-state index contributed by atoms with van der Waals surface area (Å²) in [7, 11) is -3.79.